The van der Waals surface area contributed by atoms with Gasteiger partial charge in [-0.05, 0) is 42.7 Å². The second-order valence-electron chi connectivity index (χ2n) is 5.61. The van der Waals surface area contributed by atoms with Crippen LogP contribution in [-0.2, 0) is 11.2 Å². The molecule has 0 aliphatic carbocycles. The molecule has 2 rings (SSSR count). The Bertz CT molecular complexity index is 693. The zero-order valence-corrected chi connectivity index (χ0v) is 14.8. The van der Waals surface area contributed by atoms with Crippen molar-refractivity contribution in [1.82, 2.24) is 5.32 Å². The average Bonchev–Trinajstić information content (AvgIpc) is 2.66. The van der Waals surface area contributed by atoms with Crippen LogP contribution in [0.3, 0.4) is 0 Å². The summed E-state index contributed by atoms with van der Waals surface area (Å²) < 4.78 is 10.8. The van der Waals surface area contributed by atoms with Crippen molar-refractivity contribution < 1.29 is 14.3 Å². The lowest BCUT2D eigenvalue weighted by Crippen LogP contribution is -2.23. The Morgan fingerprint density at radius 2 is 1.88 bits per heavy atom. The molecule has 0 spiro atoms. The molecule has 0 saturated carbocycles. The molecule has 4 nitrogen and oxygen atoms in total. The van der Waals surface area contributed by atoms with Crippen molar-refractivity contribution in [2.24, 2.45) is 0 Å². The summed E-state index contributed by atoms with van der Waals surface area (Å²) in [6.07, 6.45) is 5.06. The highest BCUT2D eigenvalue weighted by Crippen LogP contribution is 2.19. The topological polar surface area (TPSA) is 47.6 Å². The van der Waals surface area contributed by atoms with Crippen LogP contribution in [0.1, 0.15) is 24.5 Å². The average molecular weight is 339 g/mol. The summed E-state index contributed by atoms with van der Waals surface area (Å²) in [6.45, 7) is 3.32. The van der Waals surface area contributed by atoms with E-state index < -0.39 is 0 Å². The lowest BCUT2D eigenvalue weighted by atomic mass is 10.1. The predicted octanol–water partition coefficient (Wildman–Crippen LogP) is 3.86. The maximum absolute atomic E-state index is 12.0. The van der Waals surface area contributed by atoms with Crippen molar-refractivity contribution in [3.63, 3.8) is 0 Å². The first-order valence-corrected chi connectivity index (χ1v) is 8.53. The number of amides is 1. The molecule has 0 unspecified atom stereocenters. The van der Waals surface area contributed by atoms with E-state index in [1.807, 2.05) is 48.5 Å². The number of para-hydroxylation sites is 1. The summed E-state index contributed by atoms with van der Waals surface area (Å²) in [5.41, 5.74) is 2.06. The van der Waals surface area contributed by atoms with Gasteiger partial charge in [0.05, 0.1) is 13.7 Å². The normalized spacial score (nSPS) is 10.6. The van der Waals surface area contributed by atoms with Crippen LogP contribution >= 0.6 is 0 Å². The lowest BCUT2D eigenvalue weighted by Gasteiger charge is -2.07. The first kappa shape index (κ1) is 18.6. The molecular weight excluding hydrogens is 314 g/mol. The van der Waals surface area contributed by atoms with Gasteiger partial charge in [-0.1, -0.05) is 37.3 Å². The van der Waals surface area contributed by atoms with Crippen molar-refractivity contribution in [2.45, 2.75) is 19.8 Å². The number of hydrogen-bond acceptors (Lipinski definition) is 3. The van der Waals surface area contributed by atoms with E-state index in [-0.39, 0.29) is 5.91 Å². The molecule has 1 amide bonds. The monoisotopic (exact) mass is 339 g/mol. The third-order valence-electron chi connectivity index (χ3n) is 3.67. The van der Waals surface area contributed by atoms with Crippen LogP contribution in [0.25, 0.3) is 6.08 Å². The van der Waals surface area contributed by atoms with E-state index in [2.05, 4.69) is 12.2 Å². The Balaban J connectivity index is 1.82. The molecule has 4 heteroatoms. The fourth-order valence-electron chi connectivity index (χ4n) is 2.31. The smallest absolute Gasteiger partial charge is 0.244 e. The molecule has 25 heavy (non-hydrogen) atoms. The molecule has 0 saturated heterocycles. The van der Waals surface area contributed by atoms with Gasteiger partial charge in [-0.25, -0.2) is 0 Å². The van der Waals surface area contributed by atoms with Gasteiger partial charge in [0.2, 0.25) is 5.91 Å². The molecule has 2 aromatic rings. The maximum Gasteiger partial charge on any atom is 0.244 e. The SMILES string of the molecule is CCCOc1ccccc1/C=C/C(=O)NCCc1ccc(OC)cc1. The summed E-state index contributed by atoms with van der Waals surface area (Å²) >= 11 is 0. The summed E-state index contributed by atoms with van der Waals surface area (Å²) in [5.74, 6) is 1.52. The summed E-state index contributed by atoms with van der Waals surface area (Å²) in [5, 5.41) is 2.89. The Hall–Kier alpha value is -2.75. The van der Waals surface area contributed by atoms with Crippen molar-refractivity contribution in [2.75, 3.05) is 20.3 Å². The number of methoxy groups -OCH3 is 1. The van der Waals surface area contributed by atoms with Gasteiger partial charge in [0, 0.05) is 18.2 Å². The van der Waals surface area contributed by atoms with Gasteiger partial charge in [-0.2, -0.15) is 0 Å². The number of hydrogen-bond donors (Lipinski definition) is 1. The summed E-state index contributed by atoms with van der Waals surface area (Å²) in [6, 6.07) is 15.6. The lowest BCUT2D eigenvalue weighted by molar-refractivity contribution is -0.116. The van der Waals surface area contributed by atoms with Crippen molar-refractivity contribution in [1.29, 1.82) is 0 Å². The minimum Gasteiger partial charge on any atom is -0.497 e. The molecule has 1 N–H and O–H groups in total. The van der Waals surface area contributed by atoms with E-state index in [4.69, 9.17) is 9.47 Å². The molecule has 0 heterocycles. The first-order valence-electron chi connectivity index (χ1n) is 8.53. The molecule has 0 fully saturated rings. The van der Waals surface area contributed by atoms with Crippen molar-refractivity contribution >= 4 is 12.0 Å². The second-order valence-corrected chi connectivity index (χ2v) is 5.61. The fourth-order valence-corrected chi connectivity index (χ4v) is 2.31. The minimum atomic E-state index is -0.112. The number of nitrogens with one attached hydrogen (secondary N) is 1. The Morgan fingerprint density at radius 1 is 1.12 bits per heavy atom. The molecular formula is C21H25NO3. The van der Waals surface area contributed by atoms with Crippen LogP contribution in [0, 0.1) is 0 Å². The first-order chi connectivity index (χ1) is 12.2. The van der Waals surface area contributed by atoms with Gasteiger partial charge in [0.25, 0.3) is 0 Å². The van der Waals surface area contributed by atoms with E-state index in [1.54, 1.807) is 19.3 Å². The molecule has 2 aromatic carbocycles. The Labute approximate surface area is 149 Å². The Morgan fingerprint density at radius 3 is 2.60 bits per heavy atom. The molecule has 0 atom stereocenters. The molecule has 0 aromatic heterocycles. The number of rotatable bonds is 9. The fraction of sp³-hybridized carbons (Fsp3) is 0.286. The van der Waals surface area contributed by atoms with Gasteiger partial charge >= 0.3 is 0 Å². The molecule has 0 radical (unpaired) electrons. The highest BCUT2D eigenvalue weighted by molar-refractivity contribution is 5.92. The number of ether oxygens (including phenoxy) is 2. The van der Waals surface area contributed by atoms with Gasteiger partial charge in [0.1, 0.15) is 11.5 Å². The molecule has 0 bridgehead atoms. The van der Waals surface area contributed by atoms with E-state index in [0.29, 0.717) is 13.2 Å². The summed E-state index contributed by atoms with van der Waals surface area (Å²) in [4.78, 5) is 12.0. The van der Waals surface area contributed by atoms with Gasteiger partial charge in [-0.3, -0.25) is 4.79 Å². The van der Waals surface area contributed by atoms with E-state index in [1.165, 1.54) is 0 Å². The second kappa shape index (κ2) is 10.2. The van der Waals surface area contributed by atoms with E-state index in [9.17, 15) is 4.79 Å². The zero-order valence-electron chi connectivity index (χ0n) is 14.8. The quantitative estimate of drug-likeness (QED) is 0.706. The predicted molar refractivity (Wildman–Crippen MR) is 101 cm³/mol. The minimum absolute atomic E-state index is 0.112. The van der Waals surface area contributed by atoms with Gasteiger partial charge in [-0.15, -0.1) is 0 Å². The van der Waals surface area contributed by atoms with Crippen LogP contribution in [0.5, 0.6) is 11.5 Å². The number of carbonyl (C=O) groups is 1. The largest absolute Gasteiger partial charge is 0.497 e. The molecule has 0 aliphatic heterocycles. The van der Waals surface area contributed by atoms with Crippen LogP contribution in [-0.4, -0.2) is 26.2 Å². The third-order valence-corrected chi connectivity index (χ3v) is 3.67. The summed E-state index contributed by atoms with van der Waals surface area (Å²) in [7, 11) is 1.65. The third kappa shape index (κ3) is 6.34. The standard InChI is InChI=1S/C21H25NO3/c1-3-16-25-20-7-5-4-6-18(20)10-13-21(23)22-15-14-17-8-11-19(24-2)12-9-17/h4-13H,3,14-16H2,1-2H3,(H,22,23)/b13-10+. The zero-order chi connectivity index (χ0) is 17.9. The molecule has 0 aliphatic rings. The van der Waals surface area contributed by atoms with Crippen molar-refractivity contribution in [3.05, 3.63) is 65.7 Å². The Kier molecular flexibility index (Phi) is 7.57. The van der Waals surface area contributed by atoms with Crippen LogP contribution in [0.2, 0.25) is 0 Å². The highest BCUT2D eigenvalue weighted by Gasteiger charge is 2.01. The van der Waals surface area contributed by atoms with E-state index in [0.717, 1.165) is 35.5 Å². The number of carbonyl (C=O) groups excluding carboxylic acids is 1. The maximum atomic E-state index is 12.0. The van der Waals surface area contributed by atoms with Gasteiger partial charge in [0.15, 0.2) is 0 Å². The van der Waals surface area contributed by atoms with Crippen molar-refractivity contribution in [3.8, 4) is 11.5 Å². The molecule has 132 valence electrons. The van der Waals surface area contributed by atoms with E-state index >= 15 is 0 Å². The van der Waals surface area contributed by atoms with Gasteiger partial charge < -0.3 is 14.8 Å². The van der Waals surface area contributed by atoms with Crippen LogP contribution in [0.15, 0.2) is 54.6 Å². The number of benzene rings is 2. The van der Waals surface area contributed by atoms with Crippen LogP contribution in [0.4, 0.5) is 0 Å². The van der Waals surface area contributed by atoms with Crippen LogP contribution < -0.4 is 14.8 Å². The highest BCUT2D eigenvalue weighted by atomic mass is 16.5.